The Bertz CT molecular complexity index is 573. The predicted octanol–water partition coefficient (Wildman–Crippen LogP) is 3.45. The van der Waals surface area contributed by atoms with Crippen molar-refractivity contribution in [2.45, 2.75) is 20.8 Å². The minimum Gasteiger partial charge on any atom is -0.325 e. The zero-order valence-electron chi connectivity index (χ0n) is 11.3. The van der Waals surface area contributed by atoms with Crippen LogP contribution in [0.4, 0.5) is 11.6 Å². The number of carbonyl (C=O) groups excluding carboxylic acids is 1. The van der Waals surface area contributed by atoms with Crippen LogP contribution in [0, 0.1) is 5.41 Å². The van der Waals surface area contributed by atoms with E-state index in [2.05, 4.69) is 15.3 Å². The summed E-state index contributed by atoms with van der Waals surface area (Å²) >= 11 is 0. The van der Waals surface area contributed by atoms with Crippen molar-refractivity contribution in [1.29, 1.82) is 0 Å². The van der Waals surface area contributed by atoms with Crippen LogP contribution in [0.1, 0.15) is 31.3 Å². The number of hydrogen-bond donors (Lipinski definition) is 1. The van der Waals surface area contributed by atoms with Crippen molar-refractivity contribution in [2.75, 3.05) is 5.32 Å². The van der Waals surface area contributed by atoms with Crippen molar-refractivity contribution < 1.29 is 4.79 Å². The minimum absolute atomic E-state index is 0.0252. The fraction of sp³-hybridized carbons (Fsp3) is 0.267. The number of rotatable bonds is 3. The quantitative estimate of drug-likeness (QED) is 0.853. The fourth-order valence-electron chi connectivity index (χ4n) is 1.58. The Morgan fingerprint density at radius 2 is 1.79 bits per heavy atom. The summed E-state index contributed by atoms with van der Waals surface area (Å²) in [5.41, 5.74) is 0.0322. The number of anilines is 2. The average Bonchev–Trinajstić information content (AvgIpc) is 2.38. The maximum Gasteiger partial charge on any atom is 0.186 e. The Balaban J connectivity index is 2.23. The highest BCUT2D eigenvalue weighted by molar-refractivity contribution is 5.98. The lowest BCUT2D eigenvalue weighted by Crippen LogP contribution is -2.21. The van der Waals surface area contributed by atoms with Crippen LogP contribution in [0.2, 0.25) is 0 Å². The van der Waals surface area contributed by atoms with Gasteiger partial charge in [-0.05, 0) is 24.3 Å². The van der Waals surface area contributed by atoms with Crippen LogP contribution in [0.25, 0.3) is 0 Å². The molecule has 0 aliphatic carbocycles. The molecule has 0 unspecified atom stereocenters. The lowest BCUT2D eigenvalue weighted by molar-refractivity contribution is 0.0853. The molecule has 1 N–H and O–H groups in total. The first-order valence-corrected chi connectivity index (χ1v) is 6.17. The Labute approximate surface area is 112 Å². The first kappa shape index (κ1) is 13.2. The van der Waals surface area contributed by atoms with Gasteiger partial charge in [0, 0.05) is 11.6 Å². The van der Waals surface area contributed by atoms with Gasteiger partial charge in [0.25, 0.3) is 0 Å². The van der Waals surface area contributed by atoms with Gasteiger partial charge in [0.2, 0.25) is 0 Å². The van der Waals surface area contributed by atoms with Crippen LogP contribution in [0.3, 0.4) is 0 Å². The molecular weight excluding hydrogens is 238 g/mol. The van der Waals surface area contributed by atoms with Gasteiger partial charge in [-0.15, -0.1) is 0 Å². The maximum atomic E-state index is 12.2. The van der Waals surface area contributed by atoms with Gasteiger partial charge >= 0.3 is 0 Å². The highest BCUT2D eigenvalue weighted by atomic mass is 16.1. The number of nitrogens with one attached hydrogen (secondary N) is 1. The lowest BCUT2D eigenvalue weighted by atomic mass is 9.89. The van der Waals surface area contributed by atoms with Gasteiger partial charge < -0.3 is 5.32 Å². The summed E-state index contributed by atoms with van der Waals surface area (Å²) in [6.45, 7) is 5.65. The summed E-state index contributed by atoms with van der Waals surface area (Å²) in [5.74, 6) is 1.35. The third kappa shape index (κ3) is 3.37. The van der Waals surface area contributed by atoms with E-state index in [4.69, 9.17) is 0 Å². The van der Waals surface area contributed by atoms with E-state index in [-0.39, 0.29) is 5.78 Å². The molecule has 2 heterocycles. The van der Waals surface area contributed by atoms with Gasteiger partial charge in [-0.2, -0.15) is 0 Å². The molecule has 0 aliphatic rings. The molecule has 0 aromatic carbocycles. The molecule has 0 saturated heterocycles. The SMILES string of the molecule is CC(C)(C)C(=O)c1cccc(Nc2ccccn2)n1. The van der Waals surface area contributed by atoms with E-state index >= 15 is 0 Å². The molecule has 98 valence electrons. The average molecular weight is 255 g/mol. The predicted molar refractivity (Wildman–Crippen MR) is 75.5 cm³/mol. The molecule has 2 aromatic heterocycles. The summed E-state index contributed by atoms with van der Waals surface area (Å²) in [6.07, 6.45) is 1.70. The van der Waals surface area contributed by atoms with Crippen LogP contribution in [0.15, 0.2) is 42.6 Å². The molecule has 0 bridgehead atoms. The van der Waals surface area contributed by atoms with Crippen molar-refractivity contribution in [3.8, 4) is 0 Å². The largest absolute Gasteiger partial charge is 0.325 e. The van der Waals surface area contributed by atoms with E-state index in [0.717, 1.165) is 0 Å². The zero-order valence-corrected chi connectivity index (χ0v) is 11.3. The first-order chi connectivity index (χ1) is 8.97. The van der Waals surface area contributed by atoms with Crippen LogP contribution in [-0.4, -0.2) is 15.8 Å². The van der Waals surface area contributed by atoms with Crippen molar-refractivity contribution >= 4 is 17.4 Å². The van der Waals surface area contributed by atoms with Crippen molar-refractivity contribution in [3.63, 3.8) is 0 Å². The molecule has 0 saturated carbocycles. The molecule has 0 spiro atoms. The van der Waals surface area contributed by atoms with Crippen LogP contribution in [-0.2, 0) is 0 Å². The van der Waals surface area contributed by atoms with Crippen molar-refractivity contribution in [2.24, 2.45) is 5.41 Å². The second kappa shape index (κ2) is 5.18. The van der Waals surface area contributed by atoms with E-state index in [1.54, 1.807) is 12.3 Å². The number of aromatic nitrogens is 2. The van der Waals surface area contributed by atoms with Gasteiger partial charge in [0.05, 0.1) is 0 Å². The van der Waals surface area contributed by atoms with E-state index in [1.807, 2.05) is 51.1 Å². The molecule has 0 aliphatic heterocycles. The van der Waals surface area contributed by atoms with Gasteiger partial charge in [0.1, 0.15) is 17.3 Å². The summed E-state index contributed by atoms with van der Waals surface area (Å²) in [4.78, 5) is 20.7. The van der Waals surface area contributed by atoms with Crippen LogP contribution >= 0.6 is 0 Å². The number of ketones is 1. The smallest absolute Gasteiger partial charge is 0.186 e. The number of nitrogens with zero attached hydrogens (tertiary/aromatic N) is 2. The second-order valence-electron chi connectivity index (χ2n) is 5.33. The Kier molecular flexibility index (Phi) is 3.60. The summed E-state index contributed by atoms with van der Waals surface area (Å²) in [6, 6.07) is 10.9. The molecule has 2 aromatic rings. The third-order valence-electron chi connectivity index (χ3n) is 2.58. The van der Waals surface area contributed by atoms with Gasteiger partial charge in [0.15, 0.2) is 5.78 Å². The Morgan fingerprint density at radius 1 is 1.05 bits per heavy atom. The minimum atomic E-state index is -0.434. The Morgan fingerprint density at radius 3 is 2.42 bits per heavy atom. The topological polar surface area (TPSA) is 54.9 Å². The zero-order chi connectivity index (χ0) is 13.9. The fourth-order valence-corrected chi connectivity index (χ4v) is 1.58. The number of pyridine rings is 2. The van der Waals surface area contributed by atoms with Crippen molar-refractivity contribution in [1.82, 2.24) is 9.97 Å². The molecule has 0 fully saturated rings. The van der Waals surface area contributed by atoms with Gasteiger partial charge in [-0.1, -0.05) is 32.9 Å². The standard InChI is InChI=1S/C15H17N3O/c1-15(2,3)14(19)11-7-6-9-13(17-11)18-12-8-4-5-10-16-12/h4-10H,1-3H3,(H,16,17,18). The van der Waals surface area contributed by atoms with Crippen LogP contribution in [0.5, 0.6) is 0 Å². The van der Waals surface area contributed by atoms with Crippen molar-refractivity contribution in [3.05, 3.63) is 48.3 Å². The summed E-state index contributed by atoms with van der Waals surface area (Å²) < 4.78 is 0. The second-order valence-corrected chi connectivity index (χ2v) is 5.33. The molecular formula is C15H17N3O. The monoisotopic (exact) mass is 255 g/mol. The highest BCUT2D eigenvalue weighted by Crippen LogP contribution is 2.21. The molecule has 19 heavy (non-hydrogen) atoms. The van der Waals surface area contributed by atoms with Gasteiger partial charge in [-0.3, -0.25) is 4.79 Å². The number of carbonyl (C=O) groups is 1. The number of hydrogen-bond acceptors (Lipinski definition) is 4. The van der Waals surface area contributed by atoms with Crippen LogP contribution < -0.4 is 5.32 Å². The van der Waals surface area contributed by atoms with E-state index < -0.39 is 5.41 Å². The summed E-state index contributed by atoms with van der Waals surface area (Å²) in [5, 5.41) is 3.08. The maximum absolute atomic E-state index is 12.2. The lowest BCUT2D eigenvalue weighted by Gasteiger charge is -2.16. The molecule has 0 amide bonds. The molecule has 4 heteroatoms. The first-order valence-electron chi connectivity index (χ1n) is 6.17. The van der Waals surface area contributed by atoms with Gasteiger partial charge in [-0.25, -0.2) is 9.97 Å². The Hall–Kier alpha value is -2.23. The number of Topliss-reactive ketones (excluding diaryl/α,β-unsaturated/α-hetero) is 1. The van der Waals surface area contributed by atoms with E-state index in [0.29, 0.717) is 17.3 Å². The molecule has 4 nitrogen and oxygen atoms in total. The highest BCUT2D eigenvalue weighted by Gasteiger charge is 2.24. The third-order valence-corrected chi connectivity index (χ3v) is 2.58. The summed E-state index contributed by atoms with van der Waals surface area (Å²) in [7, 11) is 0. The molecule has 2 rings (SSSR count). The van der Waals surface area contributed by atoms with E-state index in [9.17, 15) is 4.79 Å². The molecule has 0 radical (unpaired) electrons. The molecule has 0 atom stereocenters. The van der Waals surface area contributed by atoms with E-state index in [1.165, 1.54) is 0 Å². The normalized spacial score (nSPS) is 11.1.